The highest BCUT2D eigenvalue weighted by atomic mass is 35.5. The van der Waals surface area contributed by atoms with Crippen LogP contribution in [0.25, 0.3) is 0 Å². The molecule has 0 radical (unpaired) electrons. The fourth-order valence-corrected chi connectivity index (χ4v) is 2.57. The molecular weight excluding hydrogens is 305 g/mol. The van der Waals surface area contributed by atoms with Gasteiger partial charge in [-0.05, 0) is 25.0 Å². The van der Waals surface area contributed by atoms with Crippen LogP contribution in [0.1, 0.15) is 23.2 Å². The molecule has 0 spiro atoms. The lowest BCUT2D eigenvalue weighted by molar-refractivity contribution is -0.123. The van der Waals surface area contributed by atoms with Crippen LogP contribution >= 0.6 is 23.2 Å². The lowest BCUT2D eigenvalue weighted by Gasteiger charge is -2.21. The summed E-state index contributed by atoms with van der Waals surface area (Å²) >= 11 is 11.9. The van der Waals surface area contributed by atoms with Crippen molar-refractivity contribution in [2.24, 2.45) is 5.92 Å². The van der Waals surface area contributed by atoms with Gasteiger partial charge in [0, 0.05) is 6.61 Å². The minimum Gasteiger partial charge on any atom is -0.478 e. The van der Waals surface area contributed by atoms with Crippen molar-refractivity contribution >= 4 is 40.8 Å². The molecule has 1 fully saturated rings. The van der Waals surface area contributed by atoms with E-state index >= 15 is 0 Å². The molecule has 2 rings (SSSR count). The van der Waals surface area contributed by atoms with Gasteiger partial charge in [0.15, 0.2) is 0 Å². The average Bonchev–Trinajstić information content (AvgIpc) is 2.43. The highest BCUT2D eigenvalue weighted by molar-refractivity contribution is 6.40. The monoisotopic (exact) mass is 317 g/mol. The molecule has 5 nitrogen and oxygen atoms in total. The summed E-state index contributed by atoms with van der Waals surface area (Å²) in [4.78, 5) is 22.9. The van der Waals surface area contributed by atoms with E-state index in [4.69, 9.17) is 33.0 Å². The standard InChI is InChI=1S/C13H13Cl2NO4/c14-9-4-8(13(18)19)5-10(15)11(9)16-12(17)7-2-1-3-20-6-7/h4-5,7H,1-3,6H2,(H,16,17)(H,18,19). The van der Waals surface area contributed by atoms with E-state index in [1.165, 1.54) is 12.1 Å². The van der Waals surface area contributed by atoms with Crippen LogP contribution in [0.5, 0.6) is 0 Å². The number of carboxylic acid groups (broad SMARTS) is 1. The van der Waals surface area contributed by atoms with E-state index < -0.39 is 5.97 Å². The third-order valence-corrected chi connectivity index (χ3v) is 3.66. The third kappa shape index (κ3) is 3.42. The van der Waals surface area contributed by atoms with Crippen LogP contribution in [0, 0.1) is 5.92 Å². The number of ether oxygens (including phenoxy) is 1. The largest absolute Gasteiger partial charge is 0.478 e. The number of carboxylic acids is 1. The van der Waals surface area contributed by atoms with Crippen molar-refractivity contribution < 1.29 is 19.4 Å². The number of carbonyl (C=O) groups excluding carboxylic acids is 1. The first kappa shape index (κ1) is 15.1. The summed E-state index contributed by atoms with van der Waals surface area (Å²) in [5, 5.41) is 11.7. The van der Waals surface area contributed by atoms with Gasteiger partial charge in [-0.1, -0.05) is 23.2 Å². The second-order valence-electron chi connectivity index (χ2n) is 4.52. The molecule has 2 N–H and O–H groups in total. The number of hydrogen-bond donors (Lipinski definition) is 2. The van der Waals surface area contributed by atoms with Crippen molar-refractivity contribution in [2.45, 2.75) is 12.8 Å². The molecule has 1 aromatic carbocycles. The normalized spacial score (nSPS) is 18.6. The number of amides is 1. The topological polar surface area (TPSA) is 75.6 Å². The highest BCUT2D eigenvalue weighted by Gasteiger charge is 2.23. The third-order valence-electron chi connectivity index (χ3n) is 3.07. The summed E-state index contributed by atoms with van der Waals surface area (Å²) in [6.07, 6.45) is 1.58. The molecule has 0 saturated carbocycles. The number of halogens is 2. The first-order valence-electron chi connectivity index (χ1n) is 6.10. The fraction of sp³-hybridized carbons (Fsp3) is 0.385. The van der Waals surface area contributed by atoms with Gasteiger partial charge in [-0.2, -0.15) is 0 Å². The summed E-state index contributed by atoms with van der Waals surface area (Å²) in [7, 11) is 0. The zero-order chi connectivity index (χ0) is 14.7. The van der Waals surface area contributed by atoms with Gasteiger partial charge in [-0.25, -0.2) is 4.79 Å². The van der Waals surface area contributed by atoms with Crippen LogP contribution in [-0.4, -0.2) is 30.2 Å². The zero-order valence-corrected chi connectivity index (χ0v) is 12.0. The van der Waals surface area contributed by atoms with Crippen molar-refractivity contribution in [3.8, 4) is 0 Å². The molecule has 1 aliphatic heterocycles. The Morgan fingerprint density at radius 3 is 2.45 bits per heavy atom. The number of aromatic carboxylic acids is 1. The first-order chi connectivity index (χ1) is 9.49. The minimum atomic E-state index is -1.13. The Balaban J connectivity index is 2.16. The van der Waals surface area contributed by atoms with Crippen molar-refractivity contribution in [2.75, 3.05) is 18.5 Å². The van der Waals surface area contributed by atoms with Crippen LogP contribution in [0.3, 0.4) is 0 Å². The molecule has 1 amide bonds. The molecule has 108 valence electrons. The lowest BCUT2D eigenvalue weighted by atomic mass is 10.0. The second-order valence-corrected chi connectivity index (χ2v) is 5.34. The molecule has 0 aromatic heterocycles. The molecule has 0 bridgehead atoms. The molecule has 20 heavy (non-hydrogen) atoms. The van der Waals surface area contributed by atoms with E-state index in [1.807, 2.05) is 0 Å². The molecule has 1 saturated heterocycles. The Bertz CT molecular complexity index is 518. The Morgan fingerprint density at radius 1 is 1.30 bits per heavy atom. The summed E-state index contributed by atoms with van der Waals surface area (Å²) in [5.41, 5.74) is 0.202. The smallest absolute Gasteiger partial charge is 0.335 e. The quantitative estimate of drug-likeness (QED) is 0.898. The average molecular weight is 318 g/mol. The van der Waals surface area contributed by atoms with E-state index in [2.05, 4.69) is 5.32 Å². The van der Waals surface area contributed by atoms with Gasteiger partial charge in [-0.3, -0.25) is 4.79 Å². The predicted molar refractivity (Wildman–Crippen MR) is 75.6 cm³/mol. The fourth-order valence-electron chi connectivity index (χ4n) is 1.99. The van der Waals surface area contributed by atoms with Crippen LogP contribution in [-0.2, 0) is 9.53 Å². The SMILES string of the molecule is O=C(O)c1cc(Cl)c(NC(=O)C2CCCOC2)c(Cl)c1. The molecule has 1 atom stereocenters. The van der Waals surface area contributed by atoms with Crippen molar-refractivity contribution in [1.82, 2.24) is 0 Å². The Kier molecular flexibility index (Phi) is 4.86. The van der Waals surface area contributed by atoms with Gasteiger partial charge < -0.3 is 15.2 Å². The Labute approximate surface area is 125 Å². The molecule has 0 aliphatic carbocycles. The summed E-state index contributed by atoms with van der Waals surface area (Å²) in [6, 6.07) is 2.51. The van der Waals surface area contributed by atoms with E-state index in [-0.39, 0.29) is 33.1 Å². The minimum absolute atomic E-state index is 0.0287. The van der Waals surface area contributed by atoms with Gasteiger partial charge in [0.05, 0.1) is 33.8 Å². The first-order valence-corrected chi connectivity index (χ1v) is 6.85. The number of rotatable bonds is 3. The van der Waals surface area contributed by atoms with Crippen molar-refractivity contribution in [3.63, 3.8) is 0 Å². The summed E-state index contributed by atoms with van der Waals surface area (Å²) in [5.74, 6) is -1.60. The summed E-state index contributed by atoms with van der Waals surface area (Å²) in [6.45, 7) is 1.03. The van der Waals surface area contributed by atoms with E-state index in [0.29, 0.717) is 13.2 Å². The van der Waals surface area contributed by atoms with Gasteiger partial charge in [0.2, 0.25) is 5.91 Å². The number of carbonyl (C=O) groups is 2. The van der Waals surface area contributed by atoms with Gasteiger partial charge in [0.25, 0.3) is 0 Å². The number of anilines is 1. The number of benzene rings is 1. The van der Waals surface area contributed by atoms with Crippen LogP contribution in [0.15, 0.2) is 12.1 Å². The molecular formula is C13H13Cl2NO4. The van der Waals surface area contributed by atoms with Crippen LogP contribution in [0.4, 0.5) is 5.69 Å². The van der Waals surface area contributed by atoms with E-state index in [9.17, 15) is 9.59 Å². The molecule has 1 heterocycles. The van der Waals surface area contributed by atoms with Crippen molar-refractivity contribution in [3.05, 3.63) is 27.7 Å². The molecule has 1 aliphatic rings. The van der Waals surface area contributed by atoms with Crippen LogP contribution in [0.2, 0.25) is 10.0 Å². The van der Waals surface area contributed by atoms with Crippen molar-refractivity contribution in [1.29, 1.82) is 0 Å². The van der Waals surface area contributed by atoms with E-state index in [0.717, 1.165) is 12.8 Å². The highest BCUT2D eigenvalue weighted by Crippen LogP contribution is 2.32. The maximum atomic E-state index is 12.1. The second kappa shape index (κ2) is 6.43. The Hall–Kier alpha value is -1.30. The van der Waals surface area contributed by atoms with Gasteiger partial charge in [-0.15, -0.1) is 0 Å². The maximum Gasteiger partial charge on any atom is 0.335 e. The van der Waals surface area contributed by atoms with Gasteiger partial charge in [0.1, 0.15) is 0 Å². The predicted octanol–water partition coefficient (Wildman–Crippen LogP) is 3.06. The van der Waals surface area contributed by atoms with E-state index in [1.54, 1.807) is 0 Å². The van der Waals surface area contributed by atoms with Crippen LogP contribution < -0.4 is 5.32 Å². The molecule has 1 aromatic rings. The zero-order valence-electron chi connectivity index (χ0n) is 10.5. The maximum absolute atomic E-state index is 12.1. The number of hydrogen-bond acceptors (Lipinski definition) is 3. The molecule has 1 unspecified atom stereocenters. The van der Waals surface area contributed by atoms with Gasteiger partial charge >= 0.3 is 5.97 Å². The summed E-state index contributed by atoms with van der Waals surface area (Å²) < 4.78 is 5.25. The lowest BCUT2D eigenvalue weighted by Crippen LogP contribution is -2.30. The number of nitrogens with one attached hydrogen (secondary N) is 1. The molecule has 7 heteroatoms. The Morgan fingerprint density at radius 2 is 1.95 bits per heavy atom.